The maximum atomic E-state index is 5.83. The summed E-state index contributed by atoms with van der Waals surface area (Å²) in [6.45, 7) is 6.84. The van der Waals surface area contributed by atoms with Crippen LogP contribution in [0, 0.1) is 0 Å². The molecular formula is C11H24N2O2. The number of ether oxygens (including phenoxy) is 2. The molecule has 0 radical (unpaired) electrons. The van der Waals surface area contributed by atoms with Crippen molar-refractivity contribution in [3.8, 4) is 0 Å². The summed E-state index contributed by atoms with van der Waals surface area (Å²) in [6, 6.07) is 0.131. The Morgan fingerprint density at radius 2 is 2.33 bits per heavy atom. The molecule has 2 N–H and O–H groups in total. The van der Waals surface area contributed by atoms with Gasteiger partial charge in [0, 0.05) is 32.8 Å². The Kier molecular flexibility index (Phi) is 6.17. The van der Waals surface area contributed by atoms with E-state index in [1.54, 1.807) is 7.11 Å². The van der Waals surface area contributed by atoms with Gasteiger partial charge in [0.1, 0.15) is 0 Å². The van der Waals surface area contributed by atoms with Crippen molar-refractivity contribution in [3.05, 3.63) is 0 Å². The number of nitrogens with two attached hydrogens (primary N) is 1. The van der Waals surface area contributed by atoms with E-state index in [4.69, 9.17) is 15.2 Å². The number of hydrogen-bond donors (Lipinski definition) is 1. The molecule has 4 nitrogen and oxygen atoms in total. The topological polar surface area (TPSA) is 47.7 Å². The zero-order valence-corrected chi connectivity index (χ0v) is 9.95. The quantitative estimate of drug-likeness (QED) is 0.655. The molecule has 1 aliphatic heterocycles. The van der Waals surface area contributed by atoms with E-state index in [1.165, 1.54) is 6.42 Å². The Balaban J connectivity index is 2.13. The van der Waals surface area contributed by atoms with Gasteiger partial charge in [-0.25, -0.2) is 0 Å². The molecular weight excluding hydrogens is 192 g/mol. The summed E-state index contributed by atoms with van der Waals surface area (Å²) in [7, 11) is 1.75. The molecule has 0 bridgehead atoms. The molecule has 1 heterocycles. The molecule has 0 aromatic carbocycles. The van der Waals surface area contributed by atoms with Crippen LogP contribution in [0.25, 0.3) is 0 Å². The summed E-state index contributed by atoms with van der Waals surface area (Å²) < 4.78 is 10.6. The average molecular weight is 216 g/mol. The first-order valence-electron chi connectivity index (χ1n) is 5.82. The van der Waals surface area contributed by atoms with Gasteiger partial charge in [-0.05, 0) is 26.3 Å². The van der Waals surface area contributed by atoms with Crippen molar-refractivity contribution in [1.82, 2.24) is 4.90 Å². The van der Waals surface area contributed by atoms with E-state index in [0.717, 1.165) is 39.3 Å². The van der Waals surface area contributed by atoms with E-state index in [-0.39, 0.29) is 12.1 Å². The second kappa shape index (κ2) is 7.17. The second-order valence-corrected chi connectivity index (χ2v) is 4.27. The molecule has 0 aromatic heterocycles. The molecule has 0 saturated carbocycles. The lowest BCUT2D eigenvalue weighted by Crippen LogP contribution is -2.49. The summed E-state index contributed by atoms with van der Waals surface area (Å²) in [6.07, 6.45) is 2.54. The molecule has 2 atom stereocenters. The Bertz CT molecular complexity index is 165. The highest BCUT2D eigenvalue weighted by atomic mass is 16.5. The Morgan fingerprint density at radius 3 is 3.00 bits per heavy atom. The molecule has 15 heavy (non-hydrogen) atoms. The van der Waals surface area contributed by atoms with Crippen molar-refractivity contribution in [2.45, 2.75) is 31.9 Å². The molecule has 90 valence electrons. The summed E-state index contributed by atoms with van der Waals surface area (Å²) in [4.78, 5) is 2.44. The van der Waals surface area contributed by atoms with Crippen LogP contribution >= 0.6 is 0 Å². The smallest absolute Gasteiger partial charge is 0.0850 e. The first-order valence-corrected chi connectivity index (χ1v) is 5.82. The maximum Gasteiger partial charge on any atom is 0.0850 e. The molecule has 1 fully saturated rings. The fraction of sp³-hybridized carbons (Fsp3) is 1.00. The second-order valence-electron chi connectivity index (χ2n) is 4.27. The van der Waals surface area contributed by atoms with Gasteiger partial charge in [-0.1, -0.05) is 0 Å². The van der Waals surface area contributed by atoms with Crippen LogP contribution in [-0.4, -0.2) is 57.0 Å². The Hall–Kier alpha value is -0.160. The van der Waals surface area contributed by atoms with Crippen LogP contribution < -0.4 is 5.73 Å². The van der Waals surface area contributed by atoms with Crippen LogP contribution in [-0.2, 0) is 9.47 Å². The Labute approximate surface area is 92.7 Å². The molecule has 4 heteroatoms. The molecule has 0 aromatic rings. The number of hydrogen-bond acceptors (Lipinski definition) is 4. The number of morpholine rings is 1. The first kappa shape index (κ1) is 12.9. The number of methoxy groups -OCH3 is 1. The first-order chi connectivity index (χ1) is 7.24. The summed E-state index contributed by atoms with van der Waals surface area (Å²) in [5.74, 6) is 0. The zero-order chi connectivity index (χ0) is 11.1. The van der Waals surface area contributed by atoms with Crippen LogP contribution in [0.1, 0.15) is 19.8 Å². The average Bonchev–Trinajstić information content (AvgIpc) is 2.25. The lowest BCUT2D eigenvalue weighted by molar-refractivity contribution is -0.0382. The third-order valence-corrected chi connectivity index (χ3v) is 2.84. The standard InChI is InChI=1S/C11H24N2O2/c1-10(12)11-9-13(6-8-15-11)5-3-4-7-14-2/h10-11H,3-9,12H2,1-2H3. The van der Waals surface area contributed by atoms with E-state index >= 15 is 0 Å². The largest absolute Gasteiger partial charge is 0.385 e. The van der Waals surface area contributed by atoms with Crippen LogP contribution in [0.5, 0.6) is 0 Å². The van der Waals surface area contributed by atoms with Gasteiger partial charge >= 0.3 is 0 Å². The van der Waals surface area contributed by atoms with Crippen molar-refractivity contribution in [1.29, 1.82) is 0 Å². The van der Waals surface area contributed by atoms with Crippen LogP contribution in [0.3, 0.4) is 0 Å². The van der Waals surface area contributed by atoms with Gasteiger partial charge in [-0.15, -0.1) is 0 Å². The van der Waals surface area contributed by atoms with Crippen molar-refractivity contribution in [2.24, 2.45) is 5.73 Å². The summed E-state index contributed by atoms with van der Waals surface area (Å²) in [5, 5.41) is 0. The Morgan fingerprint density at radius 1 is 1.53 bits per heavy atom. The fourth-order valence-corrected chi connectivity index (χ4v) is 1.83. The van der Waals surface area contributed by atoms with Crippen LogP contribution in [0.4, 0.5) is 0 Å². The van der Waals surface area contributed by atoms with E-state index in [1.807, 2.05) is 6.92 Å². The SMILES string of the molecule is COCCCCN1CCOC(C(C)N)C1. The third kappa shape index (κ3) is 4.93. The minimum atomic E-state index is 0.131. The molecule has 2 unspecified atom stereocenters. The van der Waals surface area contributed by atoms with Crippen molar-refractivity contribution >= 4 is 0 Å². The minimum absolute atomic E-state index is 0.131. The van der Waals surface area contributed by atoms with E-state index < -0.39 is 0 Å². The monoisotopic (exact) mass is 216 g/mol. The van der Waals surface area contributed by atoms with Gasteiger partial charge in [0.05, 0.1) is 12.7 Å². The minimum Gasteiger partial charge on any atom is -0.385 e. The highest BCUT2D eigenvalue weighted by Crippen LogP contribution is 2.08. The van der Waals surface area contributed by atoms with Crippen LogP contribution in [0.15, 0.2) is 0 Å². The molecule has 1 saturated heterocycles. The predicted octanol–water partition coefficient (Wildman–Crippen LogP) is 0.461. The van der Waals surface area contributed by atoms with Gasteiger partial charge in [-0.3, -0.25) is 4.90 Å². The zero-order valence-electron chi connectivity index (χ0n) is 9.95. The molecule has 1 rings (SSSR count). The molecule has 0 aliphatic carbocycles. The summed E-state index contributed by atoms with van der Waals surface area (Å²) in [5.41, 5.74) is 5.83. The van der Waals surface area contributed by atoms with Gasteiger partial charge in [0.15, 0.2) is 0 Å². The number of rotatable bonds is 6. The van der Waals surface area contributed by atoms with Crippen molar-refractivity contribution in [3.63, 3.8) is 0 Å². The maximum absolute atomic E-state index is 5.83. The van der Waals surface area contributed by atoms with Gasteiger partial charge in [-0.2, -0.15) is 0 Å². The van der Waals surface area contributed by atoms with E-state index in [0.29, 0.717) is 0 Å². The number of unbranched alkanes of at least 4 members (excludes halogenated alkanes) is 1. The van der Waals surface area contributed by atoms with E-state index in [2.05, 4.69) is 4.90 Å². The highest BCUT2D eigenvalue weighted by molar-refractivity contribution is 4.77. The molecule has 0 amide bonds. The van der Waals surface area contributed by atoms with Gasteiger partial charge in [0.2, 0.25) is 0 Å². The summed E-state index contributed by atoms with van der Waals surface area (Å²) >= 11 is 0. The van der Waals surface area contributed by atoms with Gasteiger partial charge < -0.3 is 15.2 Å². The third-order valence-electron chi connectivity index (χ3n) is 2.84. The van der Waals surface area contributed by atoms with Crippen molar-refractivity contribution < 1.29 is 9.47 Å². The normalized spacial score (nSPS) is 25.4. The molecule has 1 aliphatic rings. The van der Waals surface area contributed by atoms with Crippen LogP contribution in [0.2, 0.25) is 0 Å². The number of nitrogens with zero attached hydrogens (tertiary/aromatic N) is 1. The predicted molar refractivity (Wildman–Crippen MR) is 60.9 cm³/mol. The van der Waals surface area contributed by atoms with E-state index in [9.17, 15) is 0 Å². The lowest BCUT2D eigenvalue weighted by Gasteiger charge is -2.34. The highest BCUT2D eigenvalue weighted by Gasteiger charge is 2.22. The van der Waals surface area contributed by atoms with Crippen molar-refractivity contribution in [2.75, 3.05) is 40.0 Å². The lowest BCUT2D eigenvalue weighted by atomic mass is 10.1. The molecule has 0 spiro atoms. The fourth-order valence-electron chi connectivity index (χ4n) is 1.83. The van der Waals surface area contributed by atoms with Gasteiger partial charge in [0.25, 0.3) is 0 Å².